The van der Waals surface area contributed by atoms with Gasteiger partial charge in [-0.2, -0.15) is 5.26 Å². The molecule has 0 radical (unpaired) electrons. The van der Waals surface area contributed by atoms with Crippen LogP contribution in [-0.2, 0) is 9.31 Å². The maximum absolute atomic E-state index is 9.12. The van der Waals surface area contributed by atoms with Crippen molar-refractivity contribution in [1.29, 1.82) is 5.26 Å². The molecule has 2 aromatic rings. The number of hydrogen-bond acceptors (Lipinski definition) is 4. The van der Waals surface area contributed by atoms with Crippen LogP contribution in [-0.4, -0.2) is 27.9 Å². The van der Waals surface area contributed by atoms with Gasteiger partial charge in [0.05, 0.1) is 34.6 Å². The molecule has 1 aliphatic carbocycles. The second kappa shape index (κ2) is 6.11. The van der Waals surface area contributed by atoms with Gasteiger partial charge in [0, 0.05) is 12.0 Å². The topological polar surface area (TPSA) is 60.1 Å². The summed E-state index contributed by atoms with van der Waals surface area (Å²) < 4.78 is 14.7. The fourth-order valence-electron chi connectivity index (χ4n) is 3.94. The second-order valence-electron chi connectivity index (χ2n) is 8.62. The third-order valence-electron chi connectivity index (χ3n) is 6.40. The average Bonchev–Trinajstić information content (AvgIpc) is 3.12. The number of benzene rings is 1. The molecule has 4 rings (SSSR count). The molecular weight excluding hydrogens is 325 g/mol. The Labute approximate surface area is 155 Å². The number of nitriles is 1. The smallest absolute Gasteiger partial charge is 0.399 e. The molecule has 5 nitrogen and oxygen atoms in total. The lowest BCUT2D eigenvalue weighted by atomic mass is 9.79. The highest BCUT2D eigenvalue weighted by Crippen LogP contribution is 2.37. The summed E-state index contributed by atoms with van der Waals surface area (Å²) in [6.45, 7) is 8.29. The molecule has 0 spiro atoms. The predicted octanol–water partition coefficient (Wildman–Crippen LogP) is 3.59. The van der Waals surface area contributed by atoms with Crippen molar-refractivity contribution in [2.24, 2.45) is 5.92 Å². The van der Waals surface area contributed by atoms with E-state index in [2.05, 4.69) is 55.4 Å². The van der Waals surface area contributed by atoms with Gasteiger partial charge in [-0.25, -0.2) is 4.98 Å². The van der Waals surface area contributed by atoms with E-state index in [9.17, 15) is 0 Å². The lowest BCUT2D eigenvalue weighted by molar-refractivity contribution is 0.00578. The van der Waals surface area contributed by atoms with Crippen molar-refractivity contribution in [2.75, 3.05) is 0 Å². The molecule has 2 fully saturated rings. The third-order valence-corrected chi connectivity index (χ3v) is 6.40. The van der Waals surface area contributed by atoms with Crippen LogP contribution < -0.4 is 5.46 Å². The summed E-state index contributed by atoms with van der Waals surface area (Å²) >= 11 is 0. The van der Waals surface area contributed by atoms with Gasteiger partial charge in [-0.3, -0.25) is 0 Å². The fourth-order valence-corrected chi connectivity index (χ4v) is 3.94. The monoisotopic (exact) mass is 351 g/mol. The van der Waals surface area contributed by atoms with Crippen molar-refractivity contribution in [2.45, 2.75) is 70.6 Å². The van der Waals surface area contributed by atoms with E-state index >= 15 is 0 Å². The lowest BCUT2D eigenvalue weighted by Gasteiger charge is -2.32. The molecule has 0 atom stereocenters. The summed E-state index contributed by atoms with van der Waals surface area (Å²) in [6.07, 6.45) is 5.94. The summed E-state index contributed by atoms with van der Waals surface area (Å²) in [5, 5.41) is 9.12. The van der Waals surface area contributed by atoms with E-state index in [1.807, 2.05) is 12.4 Å². The van der Waals surface area contributed by atoms with Crippen molar-refractivity contribution in [3.63, 3.8) is 0 Å². The van der Waals surface area contributed by atoms with E-state index < -0.39 is 0 Å². The lowest BCUT2D eigenvalue weighted by Crippen LogP contribution is -2.41. The van der Waals surface area contributed by atoms with E-state index in [1.165, 1.54) is 0 Å². The van der Waals surface area contributed by atoms with Crippen LogP contribution in [0.4, 0.5) is 0 Å². The Morgan fingerprint density at radius 1 is 1.12 bits per heavy atom. The molecule has 0 unspecified atom stereocenters. The van der Waals surface area contributed by atoms with E-state index in [4.69, 9.17) is 14.6 Å². The molecule has 2 heterocycles. The van der Waals surface area contributed by atoms with Crippen molar-refractivity contribution >= 4 is 23.6 Å². The molecule has 1 aromatic heterocycles. The highest BCUT2D eigenvalue weighted by molar-refractivity contribution is 6.62. The van der Waals surface area contributed by atoms with Gasteiger partial charge in [-0.1, -0.05) is 6.07 Å². The molecule has 1 aliphatic heterocycles. The predicted molar refractivity (Wildman–Crippen MR) is 102 cm³/mol. The first-order chi connectivity index (χ1) is 12.3. The zero-order valence-corrected chi connectivity index (χ0v) is 16.0. The largest absolute Gasteiger partial charge is 0.494 e. The first-order valence-corrected chi connectivity index (χ1v) is 9.52. The first kappa shape index (κ1) is 17.6. The van der Waals surface area contributed by atoms with Crippen LogP contribution in [0.15, 0.2) is 24.5 Å². The number of fused-ring (bicyclic) bond motifs is 1. The molecule has 26 heavy (non-hydrogen) atoms. The minimum Gasteiger partial charge on any atom is -0.399 e. The van der Waals surface area contributed by atoms with Crippen LogP contribution in [0.3, 0.4) is 0 Å². The molecule has 0 amide bonds. The Hall–Kier alpha value is -1.84. The quantitative estimate of drug-likeness (QED) is 0.776. The third kappa shape index (κ3) is 2.84. The highest BCUT2D eigenvalue weighted by Gasteiger charge is 2.51. The Kier molecular flexibility index (Phi) is 4.13. The van der Waals surface area contributed by atoms with Gasteiger partial charge in [-0.15, -0.1) is 0 Å². The number of imidazole rings is 1. The van der Waals surface area contributed by atoms with Crippen molar-refractivity contribution in [3.8, 4) is 6.07 Å². The Morgan fingerprint density at radius 2 is 1.77 bits per heavy atom. The summed E-state index contributed by atoms with van der Waals surface area (Å²) in [5.41, 5.74) is 2.46. The molecule has 1 saturated heterocycles. The van der Waals surface area contributed by atoms with Gasteiger partial charge in [0.2, 0.25) is 0 Å². The number of hydrogen-bond donors (Lipinski definition) is 0. The second-order valence-corrected chi connectivity index (χ2v) is 8.62. The van der Waals surface area contributed by atoms with Crippen molar-refractivity contribution in [3.05, 3.63) is 24.5 Å². The Bertz CT molecular complexity index is 844. The van der Waals surface area contributed by atoms with E-state index in [-0.39, 0.29) is 24.2 Å². The summed E-state index contributed by atoms with van der Waals surface area (Å²) in [5.74, 6) is 0.210. The van der Waals surface area contributed by atoms with Crippen LogP contribution in [0, 0.1) is 17.2 Å². The molecule has 6 heteroatoms. The van der Waals surface area contributed by atoms with Crippen LogP contribution >= 0.6 is 0 Å². The van der Waals surface area contributed by atoms with Gasteiger partial charge >= 0.3 is 7.12 Å². The molecule has 2 aliphatic rings. The number of rotatable bonds is 2. The van der Waals surface area contributed by atoms with E-state index in [1.54, 1.807) is 0 Å². The maximum Gasteiger partial charge on any atom is 0.494 e. The van der Waals surface area contributed by atoms with Crippen LogP contribution in [0.2, 0.25) is 0 Å². The summed E-state index contributed by atoms with van der Waals surface area (Å²) in [4.78, 5) is 4.57. The van der Waals surface area contributed by atoms with Crippen molar-refractivity contribution in [1.82, 2.24) is 9.55 Å². The first-order valence-electron chi connectivity index (χ1n) is 9.52. The standard InChI is InChI=1S/C20H26BN3O2/c1-19(2)20(3,4)26-21(25-19)15-7-10-17-18(11-15)24(13-23-17)16-8-5-14(12-22)6-9-16/h7,10-11,13-14,16H,5-6,8-9H2,1-4H3/t14-,16-. The molecule has 136 valence electrons. The van der Waals surface area contributed by atoms with E-state index in [0.29, 0.717) is 6.04 Å². The Balaban J connectivity index is 1.63. The van der Waals surface area contributed by atoms with Gasteiger partial charge < -0.3 is 13.9 Å². The van der Waals surface area contributed by atoms with Crippen molar-refractivity contribution < 1.29 is 9.31 Å². The van der Waals surface area contributed by atoms with Gasteiger partial charge in [0.25, 0.3) is 0 Å². The molecule has 0 N–H and O–H groups in total. The molecule has 0 bridgehead atoms. The van der Waals surface area contributed by atoms with Crippen LogP contribution in [0.25, 0.3) is 11.0 Å². The minimum absolute atomic E-state index is 0.210. The summed E-state index contributed by atoms with van der Waals surface area (Å²) in [6, 6.07) is 9.08. The van der Waals surface area contributed by atoms with Crippen LogP contribution in [0.1, 0.15) is 59.4 Å². The normalized spacial score (nSPS) is 27.6. The molecular formula is C20H26BN3O2. The average molecular weight is 351 g/mol. The number of aromatic nitrogens is 2. The molecule has 1 saturated carbocycles. The van der Waals surface area contributed by atoms with E-state index in [0.717, 1.165) is 42.2 Å². The van der Waals surface area contributed by atoms with Gasteiger partial charge in [0.15, 0.2) is 0 Å². The fraction of sp³-hybridized carbons (Fsp3) is 0.600. The molecule has 1 aromatic carbocycles. The van der Waals surface area contributed by atoms with Gasteiger partial charge in [0.1, 0.15) is 0 Å². The zero-order valence-electron chi connectivity index (χ0n) is 16.0. The SMILES string of the molecule is CC1(C)OB(c2ccc3ncn([C@H]4CC[C@H](C#N)CC4)c3c2)OC1(C)C. The zero-order chi connectivity index (χ0) is 18.5. The van der Waals surface area contributed by atoms with Gasteiger partial charge in [-0.05, 0) is 71.0 Å². The minimum atomic E-state index is -0.359. The highest BCUT2D eigenvalue weighted by atomic mass is 16.7. The van der Waals surface area contributed by atoms with Crippen LogP contribution in [0.5, 0.6) is 0 Å². The Morgan fingerprint density at radius 3 is 2.38 bits per heavy atom. The maximum atomic E-state index is 9.12. The number of nitrogens with zero attached hydrogens (tertiary/aromatic N) is 3. The summed E-state index contributed by atoms with van der Waals surface area (Å²) in [7, 11) is -0.359.